The number of anilines is 2. The molecule has 0 bridgehead atoms. The maximum Gasteiger partial charge on any atom is 0.123 e. The van der Waals surface area contributed by atoms with Crippen molar-refractivity contribution in [1.82, 2.24) is 0 Å². The Morgan fingerprint density at radius 1 is 1.12 bits per heavy atom. The van der Waals surface area contributed by atoms with Crippen LogP contribution in [0.5, 0.6) is 0 Å². The van der Waals surface area contributed by atoms with Gasteiger partial charge in [-0.15, -0.1) is 0 Å². The monoisotopic (exact) mass is 250 g/mol. The van der Waals surface area contributed by atoms with Gasteiger partial charge in [-0.05, 0) is 35.9 Å². The van der Waals surface area contributed by atoms with E-state index in [1.54, 1.807) is 30.3 Å². The molecule has 0 aliphatic rings. The lowest BCUT2D eigenvalue weighted by Crippen LogP contribution is -2.00. The van der Waals surface area contributed by atoms with Gasteiger partial charge in [0.1, 0.15) is 5.82 Å². The van der Waals surface area contributed by atoms with Gasteiger partial charge in [0, 0.05) is 12.2 Å². The van der Waals surface area contributed by atoms with Gasteiger partial charge in [-0.1, -0.05) is 23.7 Å². The summed E-state index contributed by atoms with van der Waals surface area (Å²) in [6, 6.07) is 11.6. The number of halogens is 2. The second kappa shape index (κ2) is 5.06. The molecule has 3 N–H and O–H groups in total. The van der Waals surface area contributed by atoms with Gasteiger partial charge in [0.2, 0.25) is 0 Å². The molecular weight excluding hydrogens is 239 g/mol. The molecule has 0 aliphatic heterocycles. The fraction of sp³-hybridized carbons (Fsp3) is 0.0769. The molecule has 2 nitrogen and oxygen atoms in total. The van der Waals surface area contributed by atoms with Gasteiger partial charge >= 0.3 is 0 Å². The molecule has 0 radical (unpaired) electrons. The summed E-state index contributed by atoms with van der Waals surface area (Å²) in [5.74, 6) is -0.240. The zero-order valence-electron chi connectivity index (χ0n) is 9.08. The van der Waals surface area contributed by atoms with Crippen molar-refractivity contribution in [2.24, 2.45) is 0 Å². The van der Waals surface area contributed by atoms with Crippen molar-refractivity contribution in [2.75, 3.05) is 11.1 Å². The van der Waals surface area contributed by atoms with Gasteiger partial charge in [0.25, 0.3) is 0 Å². The second-order valence-electron chi connectivity index (χ2n) is 3.72. The second-order valence-corrected chi connectivity index (χ2v) is 4.13. The summed E-state index contributed by atoms with van der Waals surface area (Å²) in [5, 5.41) is 3.77. The first-order chi connectivity index (χ1) is 8.15. The van der Waals surface area contributed by atoms with E-state index in [9.17, 15) is 4.39 Å². The van der Waals surface area contributed by atoms with Crippen molar-refractivity contribution in [3.63, 3.8) is 0 Å². The summed E-state index contributed by atoms with van der Waals surface area (Å²) < 4.78 is 12.7. The Balaban J connectivity index is 2.07. The molecule has 0 amide bonds. The summed E-state index contributed by atoms with van der Waals surface area (Å²) >= 11 is 6.01. The van der Waals surface area contributed by atoms with Gasteiger partial charge < -0.3 is 11.1 Å². The molecule has 17 heavy (non-hydrogen) atoms. The van der Waals surface area contributed by atoms with Gasteiger partial charge in [0.05, 0.1) is 10.7 Å². The molecule has 0 fully saturated rings. The molecular formula is C13H12ClFN2. The van der Waals surface area contributed by atoms with Crippen molar-refractivity contribution in [1.29, 1.82) is 0 Å². The van der Waals surface area contributed by atoms with Crippen molar-refractivity contribution in [2.45, 2.75) is 6.54 Å². The lowest BCUT2D eigenvalue weighted by atomic mass is 10.2. The van der Waals surface area contributed by atoms with Gasteiger partial charge in [-0.3, -0.25) is 0 Å². The Hall–Kier alpha value is -1.74. The Bertz CT molecular complexity index is 511. The number of nitrogens with one attached hydrogen (secondary N) is 1. The molecule has 0 aromatic heterocycles. The Morgan fingerprint density at radius 3 is 2.53 bits per heavy atom. The van der Waals surface area contributed by atoms with Crippen molar-refractivity contribution in [3.8, 4) is 0 Å². The van der Waals surface area contributed by atoms with Crippen LogP contribution in [-0.2, 0) is 6.54 Å². The minimum Gasteiger partial charge on any atom is -0.399 e. The fourth-order valence-electron chi connectivity index (χ4n) is 1.48. The predicted octanol–water partition coefficient (Wildman–Crippen LogP) is 3.67. The summed E-state index contributed by atoms with van der Waals surface area (Å²) in [5.41, 5.74) is 8.07. The molecule has 0 aliphatic carbocycles. The largest absolute Gasteiger partial charge is 0.399 e. The first kappa shape index (κ1) is 11.7. The molecule has 2 rings (SSSR count). The number of nitrogens with two attached hydrogens (primary N) is 1. The molecule has 0 saturated carbocycles. The molecule has 2 aromatic carbocycles. The van der Waals surface area contributed by atoms with Crippen LogP contribution >= 0.6 is 11.6 Å². The highest BCUT2D eigenvalue weighted by Gasteiger charge is 2.00. The number of benzene rings is 2. The summed E-state index contributed by atoms with van der Waals surface area (Å²) in [6.45, 7) is 0.573. The van der Waals surface area contributed by atoms with Crippen molar-refractivity contribution in [3.05, 3.63) is 58.9 Å². The van der Waals surface area contributed by atoms with Crippen LogP contribution in [0.25, 0.3) is 0 Å². The Labute approximate surface area is 104 Å². The average Bonchev–Trinajstić information content (AvgIpc) is 2.32. The number of nitrogen functional groups attached to an aromatic ring is 1. The highest BCUT2D eigenvalue weighted by molar-refractivity contribution is 6.33. The molecule has 0 unspecified atom stereocenters. The zero-order chi connectivity index (χ0) is 12.3. The maximum atomic E-state index is 12.7. The average molecular weight is 251 g/mol. The lowest BCUT2D eigenvalue weighted by Gasteiger charge is -2.09. The molecule has 0 heterocycles. The normalized spacial score (nSPS) is 10.2. The van der Waals surface area contributed by atoms with Crippen LogP contribution in [0.1, 0.15) is 5.56 Å². The van der Waals surface area contributed by atoms with Crippen LogP contribution in [0.2, 0.25) is 5.02 Å². The maximum absolute atomic E-state index is 12.7. The standard InChI is InChI=1S/C13H12ClFN2/c14-12-6-5-11(16)7-13(12)17-8-9-1-3-10(15)4-2-9/h1-7,17H,8,16H2. The van der Waals surface area contributed by atoms with Gasteiger partial charge in [-0.25, -0.2) is 4.39 Å². The van der Waals surface area contributed by atoms with E-state index in [2.05, 4.69) is 5.32 Å². The van der Waals surface area contributed by atoms with Crippen molar-refractivity contribution >= 4 is 23.0 Å². The molecule has 2 aromatic rings. The van der Waals surface area contributed by atoms with E-state index in [1.165, 1.54) is 12.1 Å². The lowest BCUT2D eigenvalue weighted by molar-refractivity contribution is 0.627. The summed E-state index contributed by atoms with van der Waals surface area (Å²) in [4.78, 5) is 0. The molecule has 0 atom stereocenters. The molecule has 88 valence electrons. The van der Waals surface area contributed by atoms with Gasteiger partial charge in [0.15, 0.2) is 0 Å². The van der Waals surface area contributed by atoms with Crippen LogP contribution < -0.4 is 11.1 Å². The third-order valence-corrected chi connectivity index (χ3v) is 2.72. The van der Waals surface area contributed by atoms with Gasteiger partial charge in [-0.2, -0.15) is 0 Å². The van der Waals surface area contributed by atoms with Crippen LogP contribution in [0.3, 0.4) is 0 Å². The van der Waals surface area contributed by atoms with Crippen LogP contribution in [0.4, 0.5) is 15.8 Å². The third-order valence-electron chi connectivity index (χ3n) is 2.39. The predicted molar refractivity (Wildman–Crippen MR) is 69.6 cm³/mol. The number of hydrogen-bond acceptors (Lipinski definition) is 2. The zero-order valence-corrected chi connectivity index (χ0v) is 9.84. The quantitative estimate of drug-likeness (QED) is 0.816. The third kappa shape index (κ3) is 3.11. The van der Waals surface area contributed by atoms with Crippen LogP contribution in [0.15, 0.2) is 42.5 Å². The highest BCUT2D eigenvalue weighted by atomic mass is 35.5. The van der Waals surface area contributed by atoms with E-state index in [-0.39, 0.29) is 5.82 Å². The molecule has 0 saturated heterocycles. The summed E-state index contributed by atoms with van der Waals surface area (Å²) in [6.07, 6.45) is 0. The smallest absolute Gasteiger partial charge is 0.123 e. The van der Waals surface area contributed by atoms with Crippen LogP contribution in [0, 0.1) is 5.82 Å². The highest BCUT2D eigenvalue weighted by Crippen LogP contribution is 2.24. The van der Waals surface area contributed by atoms with Crippen LogP contribution in [-0.4, -0.2) is 0 Å². The first-order valence-electron chi connectivity index (χ1n) is 5.18. The SMILES string of the molecule is Nc1ccc(Cl)c(NCc2ccc(F)cc2)c1. The van der Waals surface area contributed by atoms with E-state index in [0.717, 1.165) is 11.3 Å². The van der Waals surface area contributed by atoms with E-state index in [4.69, 9.17) is 17.3 Å². The Morgan fingerprint density at radius 2 is 1.82 bits per heavy atom. The minimum atomic E-state index is -0.240. The molecule has 0 spiro atoms. The van der Waals surface area contributed by atoms with E-state index in [0.29, 0.717) is 17.3 Å². The number of hydrogen-bond donors (Lipinski definition) is 2. The number of rotatable bonds is 3. The Kier molecular flexibility index (Phi) is 3.49. The fourth-order valence-corrected chi connectivity index (χ4v) is 1.66. The van der Waals surface area contributed by atoms with E-state index >= 15 is 0 Å². The topological polar surface area (TPSA) is 38.0 Å². The van der Waals surface area contributed by atoms with Crippen molar-refractivity contribution < 1.29 is 4.39 Å². The minimum absolute atomic E-state index is 0.240. The molecule has 4 heteroatoms. The summed E-state index contributed by atoms with van der Waals surface area (Å²) in [7, 11) is 0. The van der Waals surface area contributed by atoms with E-state index in [1.807, 2.05) is 0 Å². The van der Waals surface area contributed by atoms with E-state index < -0.39 is 0 Å². The first-order valence-corrected chi connectivity index (χ1v) is 5.56.